The first-order chi connectivity index (χ1) is 12.6. The summed E-state index contributed by atoms with van der Waals surface area (Å²) in [7, 11) is 3.37. The molecule has 9 heteroatoms. The summed E-state index contributed by atoms with van der Waals surface area (Å²) < 4.78 is 19.6. The first kappa shape index (κ1) is 17.5. The SMILES string of the molecule is CO[B]N1CCN(C2=Nc3c(F)cc(Cl)cc3N3C=CC(C)N=C23)CC1. The summed E-state index contributed by atoms with van der Waals surface area (Å²) in [5.74, 6) is 1.01. The molecular formula is C17H19BClFN5O. The highest BCUT2D eigenvalue weighted by Crippen LogP contribution is 2.39. The zero-order valence-corrected chi connectivity index (χ0v) is 15.4. The van der Waals surface area contributed by atoms with Crippen molar-refractivity contribution in [2.24, 2.45) is 9.98 Å². The number of halogens is 2. The molecule has 26 heavy (non-hydrogen) atoms. The van der Waals surface area contributed by atoms with Gasteiger partial charge in [0, 0.05) is 44.5 Å². The highest BCUT2D eigenvalue weighted by molar-refractivity contribution is 6.48. The van der Waals surface area contributed by atoms with E-state index < -0.39 is 5.82 Å². The molecule has 3 heterocycles. The fraction of sp³-hybridized carbons (Fsp3) is 0.412. The van der Waals surface area contributed by atoms with Gasteiger partial charge in [-0.25, -0.2) is 9.38 Å². The van der Waals surface area contributed by atoms with Crippen LogP contribution in [0.5, 0.6) is 0 Å². The van der Waals surface area contributed by atoms with Crippen LogP contribution in [0.2, 0.25) is 5.02 Å². The molecule has 1 aromatic rings. The standard InChI is InChI=1S/C17H19BClFN5O/c1-11-3-4-25-14-10-12(19)9-13(20)15(14)22-16(17(25)21-11)23-5-7-24(8-6-23)18-26-2/h3-4,9-11H,5-8H2,1-2H3. The van der Waals surface area contributed by atoms with Crippen molar-refractivity contribution in [2.45, 2.75) is 13.0 Å². The fourth-order valence-electron chi connectivity index (χ4n) is 3.34. The van der Waals surface area contributed by atoms with Gasteiger partial charge >= 0.3 is 7.62 Å². The van der Waals surface area contributed by atoms with Gasteiger partial charge in [0.2, 0.25) is 0 Å². The third kappa shape index (κ3) is 3.13. The molecular weight excluding hydrogens is 355 g/mol. The molecule has 1 fully saturated rings. The highest BCUT2D eigenvalue weighted by atomic mass is 35.5. The zero-order chi connectivity index (χ0) is 18.3. The van der Waals surface area contributed by atoms with Crippen molar-refractivity contribution in [1.82, 2.24) is 9.71 Å². The van der Waals surface area contributed by atoms with E-state index >= 15 is 0 Å². The summed E-state index contributed by atoms with van der Waals surface area (Å²) in [6, 6.07) is 3.06. The van der Waals surface area contributed by atoms with Gasteiger partial charge in [-0.05, 0) is 25.1 Å². The Balaban J connectivity index is 1.72. The molecule has 0 saturated carbocycles. The molecule has 6 nitrogen and oxygen atoms in total. The lowest BCUT2D eigenvalue weighted by Gasteiger charge is -2.40. The molecule has 0 bridgehead atoms. The Morgan fingerprint density at radius 3 is 2.73 bits per heavy atom. The Kier molecular flexibility index (Phi) is 4.73. The molecule has 1 aromatic carbocycles. The van der Waals surface area contributed by atoms with E-state index in [1.807, 2.05) is 24.1 Å². The van der Waals surface area contributed by atoms with Gasteiger partial charge < -0.3 is 14.4 Å². The molecule has 0 N–H and O–H groups in total. The van der Waals surface area contributed by atoms with Gasteiger partial charge in [-0.1, -0.05) is 11.6 Å². The Morgan fingerprint density at radius 2 is 2.00 bits per heavy atom. The summed E-state index contributed by atoms with van der Waals surface area (Å²) in [6.07, 6.45) is 3.89. The second kappa shape index (κ2) is 7.02. The zero-order valence-electron chi connectivity index (χ0n) is 14.7. The normalized spacial score (nSPS) is 22.5. The first-order valence-corrected chi connectivity index (χ1v) is 8.93. The molecule has 135 valence electrons. The lowest BCUT2D eigenvalue weighted by molar-refractivity contribution is 0.243. The number of nitrogens with zero attached hydrogens (tertiary/aromatic N) is 5. The maximum absolute atomic E-state index is 14.5. The van der Waals surface area contributed by atoms with Gasteiger partial charge in [-0.15, -0.1) is 0 Å². The van der Waals surface area contributed by atoms with Gasteiger partial charge in [-0.2, -0.15) is 0 Å². The van der Waals surface area contributed by atoms with Crippen LogP contribution < -0.4 is 4.90 Å². The molecule has 0 amide bonds. The van der Waals surface area contributed by atoms with Gasteiger partial charge in [-0.3, -0.25) is 9.89 Å². The van der Waals surface area contributed by atoms with E-state index in [-0.39, 0.29) is 6.04 Å². The van der Waals surface area contributed by atoms with Crippen LogP contribution in [0.4, 0.5) is 15.8 Å². The number of hydrogen-bond acceptors (Lipinski definition) is 6. The minimum Gasteiger partial charge on any atom is -0.427 e. The topological polar surface area (TPSA) is 43.7 Å². The summed E-state index contributed by atoms with van der Waals surface area (Å²) in [5, 5.41) is 0.343. The molecule has 1 atom stereocenters. The fourth-order valence-corrected chi connectivity index (χ4v) is 3.54. The summed E-state index contributed by atoms with van der Waals surface area (Å²) in [5.41, 5.74) is 0.917. The number of amidine groups is 2. The van der Waals surface area contributed by atoms with Crippen LogP contribution in [0, 0.1) is 5.82 Å². The van der Waals surface area contributed by atoms with Crippen LogP contribution in [0.1, 0.15) is 6.92 Å². The largest absolute Gasteiger partial charge is 0.427 e. The lowest BCUT2D eigenvalue weighted by Crippen LogP contribution is -2.55. The third-order valence-electron chi connectivity index (χ3n) is 4.62. The van der Waals surface area contributed by atoms with Gasteiger partial charge in [0.1, 0.15) is 5.69 Å². The maximum atomic E-state index is 14.5. The van der Waals surface area contributed by atoms with Crippen LogP contribution >= 0.6 is 11.6 Å². The number of rotatable bonds is 2. The average molecular weight is 375 g/mol. The van der Waals surface area contributed by atoms with Crippen molar-refractivity contribution in [1.29, 1.82) is 0 Å². The minimum atomic E-state index is -0.428. The Morgan fingerprint density at radius 1 is 1.23 bits per heavy atom. The molecule has 1 radical (unpaired) electrons. The van der Waals surface area contributed by atoms with Crippen molar-refractivity contribution in [3.8, 4) is 0 Å². The number of anilines is 1. The molecule has 1 saturated heterocycles. The predicted molar refractivity (Wildman–Crippen MR) is 103 cm³/mol. The third-order valence-corrected chi connectivity index (χ3v) is 4.84. The monoisotopic (exact) mass is 374 g/mol. The summed E-state index contributed by atoms with van der Waals surface area (Å²) in [4.78, 5) is 15.5. The number of hydrogen-bond donors (Lipinski definition) is 0. The number of fused-ring (bicyclic) bond motifs is 3. The second-order valence-corrected chi connectivity index (χ2v) is 6.90. The number of benzene rings is 1. The quantitative estimate of drug-likeness (QED) is 0.746. The Bertz CT molecular complexity index is 807. The molecule has 0 spiro atoms. The van der Waals surface area contributed by atoms with Crippen LogP contribution in [-0.4, -0.2) is 68.3 Å². The molecule has 4 rings (SSSR count). The van der Waals surface area contributed by atoms with Crippen LogP contribution in [0.15, 0.2) is 34.4 Å². The Hall–Kier alpha value is -1.90. The molecule has 1 unspecified atom stereocenters. The van der Waals surface area contributed by atoms with E-state index in [9.17, 15) is 4.39 Å². The number of aliphatic imine (C=N–C) groups is 2. The van der Waals surface area contributed by atoms with E-state index in [0.717, 1.165) is 32.0 Å². The van der Waals surface area contributed by atoms with E-state index in [1.54, 1.807) is 20.8 Å². The molecule has 3 aliphatic rings. The van der Waals surface area contributed by atoms with Crippen molar-refractivity contribution in [3.05, 3.63) is 35.2 Å². The smallest absolute Gasteiger partial charge is 0.398 e. The van der Waals surface area contributed by atoms with Crippen molar-refractivity contribution < 1.29 is 9.04 Å². The van der Waals surface area contributed by atoms with Crippen molar-refractivity contribution in [2.75, 3.05) is 38.2 Å². The number of piperazine rings is 1. The van der Waals surface area contributed by atoms with Crippen LogP contribution in [0.3, 0.4) is 0 Å². The highest BCUT2D eigenvalue weighted by Gasteiger charge is 2.34. The first-order valence-electron chi connectivity index (χ1n) is 8.55. The van der Waals surface area contributed by atoms with E-state index in [1.165, 1.54) is 6.07 Å². The summed E-state index contributed by atoms with van der Waals surface area (Å²) >= 11 is 6.06. The van der Waals surface area contributed by atoms with E-state index in [4.69, 9.17) is 21.2 Å². The summed E-state index contributed by atoms with van der Waals surface area (Å²) in [6.45, 7) is 5.14. The van der Waals surface area contributed by atoms with Gasteiger partial charge in [0.05, 0.1) is 11.7 Å². The molecule has 0 aliphatic carbocycles. The predicted octanol–water partition coefficient (Wildman–Crippen LogP) is 2.44. The van der Waals surface area contributed by atoms with Gasteiger partial charge in [0.25, 0.3) is 0 Å². The van der Waals surface area contributed by atoms with Crippen molar-refractivity contribution >= 4 is 42.3 Å². The van der Waals surface area contributed by atoms with E-state index in [0.29, 0.717) is 22.2 Å². The second-order valence-electron chi connectivity index (χ2n) is 6.46. The van der Waals surface area contributed by atoms with E-state index in [2.05, 4.69) is 14.7 Å². The Labute approximate surface area is 157 Å². The lowest BCUT2D eigenvalue weighted by atomic mass is 10.1. The molecule has 3 aliphatic heterocycles. The maximum Gasteiger partial charge on any atom is 0.398 e. The van der Waals surface area contributed by atoms with Crippen LogP contribution in [0.25, 0.3) is 0 Å². The van der Waals surface area contributed by atoms with Gasteiger partial charge in [0.15, 0.2) is 17.5 Å². The average Bonchev–Trinajstić information content (AvgIpc) is 2.62. The van der Waals surface area contributed by atoms with Crippen LogP contribution in [-0.2, 0) is 4.65 Å². The van der Waals surface area contributed by atoms with Crippen molar-refractivity contribution in [3.63, 3.8) is 0 Å². The molecule has 0 aromatic heterocycles. The minimum absolute atomic E-state index is 0.0418.